The number of carbonyl (C=O) groups excluding carboxylic acids is 7. The maximum Gasteiger partial charge on any atom is 0.373 e. The number of rotatable bonds is 7. The predicted molar refractivity (Wildman–Crippen MR) is 102 cm³/mol. The fraction of sp³-hybridized carbons (Fsp3) is 0.455. The summed E-state index contributed by atoms with van der Waals surface area (Å²) in [4.78, 5) is 78.1. The zero-order chi connectivity index (χ0) is 22.3. The molecule has 0 radical (unpaired) electrons. The third-order valence-electron chi connectivity index (χ3n) is 5.24. The monoisotopic (exact) mass is 413 g/mol. The number of fused-ring (bicyclic) bond motifs is 1. The third-order valence-corrected chi connectivity index (χ3v) is 5.24. The van der Waals surface area contributed by atoms with Crippen LogP contribution in [-0.2, 0) is 30.4 Å². The number of benzene rings is 1. The van der Waals surface area contributed by atoms with E-state index < -0.39 is 17.9 Å². The van der Waals surface area contributed by atoms with Crippen LogP contribution in [-0.4, -0.2) is 46.3 Å². The lowest BCUT2D eigenvalue weighted by Gasteiger charge is -2.27. The first-order chi connectivity index (χ1) is 14.3. The first-order valence-electron chi connectivity index (χ1n) is 9.90. The number of amides is 2. The molecule has 1 atom stereocenters. The molecule has 2 amide bonds. The van der Waals surface area contributed by atoms with Crippen LogP contribution in [0.15, 0.2) is 18.2 Å². The maximum absolute atomic E-state index is 12.8. The number of ketones is 3. The lowest BCUT2D eigenvalue weighted by Crippen LogP contribution is -2.47. The average molecular weight is 413 g/mol. The van der Waals surface area contributed by atoms with Gasteiger partial charge in [-0.05, 0) is 37.0 Å². The summed E-state index contributed by atoms with van der Waals surface area (Å²) in [7, 11) is 0. The molecule has 1 unspecified atom stereocenters. The van der Waals surface area contributed by atoms with E-state index in [0.717, 1.165) is 23.3 Å². The van der Waals surface area contributed by atoms with Gasteiger partial charge in [-0.2, -0.15) is 9.59 Å². The van der Waals surface area contributed by atoms with E-state index in [0.29, 0.717) is 19.3 Å². The van der Waals surface area contributed by atoms with Gasteiger partial charge in [-0.1, -0.05) is 19.4 Å². The van der Waals surface area contributed by atoms with Crippen molar-refractivity contribution in [2.24, 2.45) is 0 Å². The minimum absolute atomic E-state index is 0.150. The van der Waals surface area contributed by atoms with E-state index in [4.69, 9.17) is 9.59 Å². The van der Waals surface area contributed by atoms with Crippen molar-refractivity contribution in [1.29, 1.82) is 0 Å². The standard InChI is InChI=1S/C21H23NO5.CO2/c1-2-3-4-14(23)7-5-13-6-9-16-17(11-13)21(27)22(20(16)26)18-10-8-15(24)12-19(18)25;2-1-3/h6,9,11,18H,2-5,7-8,10,12H2,1H3;. The Hall–Kier alpha value is -3.25. The third kappa shape index (κ3) is 5.21. The number of Topliss-reactive ketones (excluding diaryl/α,β-unsaturated/α-hetero) is 3. The van der Waals surface area contributed by atoms with Gasteiger partial charge in [-0.3, -0.25) is 28.9 Å². The molecule has 8 heteroatoms. The van der Waals surface area contributed by atoms with E-state index in [1.54, 1.807) is 18.2 Å². The second-order valence-electron chi connectivity index (χ2n) is 7.32. The normalized spacial score (nSPS) is 17.9. The smallest absolute Gasteiger partial charge is 0.300 e. The van der Waals surface area contributed by atoms with Gasteiger partial charge in [0.2, 0.25) is 0 Å². The molecule has 0 bridgehead atoms. The van der Waals surface area contributed by atoms with Crippen LogP contribution in [0.5, 0.6) is 0 Å². The van der Waals surface area contributed by atoms with Crippen LogP contribution in [0, 0.1) is 0 Å². The number of unbranched alkanes of at least 4 members (excludes halogenated alkanes) is 1. The average Bonchev–Trinajstić information content (AvgIpc) is 2.96. The second-order valence-corrected chi connectivity index (χ2v) is 7.32. The van der Waals surface area contributed by atoms with Gasteiger partial charge in [0.25, 0.3) is 11.8 Å². The molecule has 3 rings (SSSR count). The lowest BCUT2D eigenvalue weighted by molar-refractivity contribution is -0.191. The van der Waals surface area contributed by atoms with Gasteiger partial charge < -0.3 is 0 Å². The van der Waals surface area contributed by atoms with Crippen LogP contribution < -0.4 is 0 Å². The summed E-state index contributed by atoms with van der Waals surface area (Å²) >= 11 is 0. The van der Waals surface area contributed by atoms with Gasteiger partial charge in [0, 0.05) is 19.3 Å². The van der Waals surface area contributed by atoms with E-state index in [-0.39, 0.29) is 53.9 Å². The molecule has 0 spiro atoms. The van der Waals surface area contributed by atoms with E-state index >= 15 is 0 Å². The van der Waals surface area contributed by atoms with E-state index in [1.807, 2.05) is 6.92 Å². The molecule has 8 nitrogen and oxygen atoms in total. The highest BCUT2D eigenvalue weighted by atomic mass is 16.2. The highest BCUT2D eigenvalue weighted by Gasteiger charge is 2.44. The summed E-state index contributed by atoms with van der Waals surface area (Å²) in [6.45, 7) is 2.04. The highest BCUT2D eigenvalue weighted by Crippen LogP contribution is 2.29. The largest absolute Gasteiger partial charge is 0.373 e. The minimum atomic E-state index is -0.853. The molecule has 1 aromatic carbocycles. The maximum atomic E-state index is 12.8. The van der Waals surface area contributed by atoms with Gasteiger partial charge in [-0.25, -0.2) is 0 Å². The Morgan fingerprint density at radius 1 is 1.07 bits per heavy atom. The molecule has 158 valence electrons. The van der Waals surface area contributed by atoms with Crippen molar-refractivity contribution in [3.05, 3.63) is 34.9 Å². The van der Waals surface area contributed by atoms with Crippen molar-refractivity contribution in [3.63, 3.8) is 0 Å². The zero-order valence-electron chi connectivity index (χ0n) is 16.8. The van der Waals surface area contributed by atoms with Crippen LogP contribution in [0.25, 0.3) is 0 Å². The molecular formula is C22H23NO7. The Kier molecular flexibility index (Phi) is 8.07. The van der Waals surface area contributed by atoms with Crippen molar-refractivity contribution in [1.82, 2.24) is 4.90 Å². The molecule has 1 aliphatic carbocycles. The Balaban J connectivity index is 0.00000101. The molecule has 1 heterocycles. The summed E-state index contributed by atoms with van der Waals surface area (Å²) in [5.41, 5.74) is 1.39. The minimum Gasteiger partial charge on any atom is -0.300 e. The fourth-order valence-electron chi connectivity index (χ4n) is 3.66. The number of aryl methyl sites for hydroxylation is 1. The van der Waals surface area contributed by atoms with Crippen LogP contribution in [0.1, 0.15) is 78.1 Å². The molecular weight excluding hydrogens is 390 g/mol. The summed E-state index contributed by atoms with van der Waals surface area (Å²) in [5, 5.41) is 0. The number of hydrogen-bond donors (Lipinski definition) is 0. The van der Waals surface area contributed by atoms with Crippen molar-refractivity contribution < 1.29 is 33.6 Å². The molecule has 1 aliphatic heterocycles. The number of nitrogens with zero attached hydrogens (tertiary/aromatic N) is 1. The topological polar surface area (TPSA) is 123 Å². The van der Waals surface area contributed by atoms with Gasteiger partial charge in [0.1, 0.15) is 11.6 Å². The van der Waals surface area contributed by atoms with Crippen molar-refractivity contribution in [3.8, 4) is 0 Å². The van der Waals surface area contributed by atoms with Crippen LogP contribution in [0.4, 0.5) is 0 Å². The lowest BCUT2D eigenvalue weighted by atomic mass is 9.92. The van der Waals surface area contributed by atoms with Gasteiger partial charge in [-0.15, -0.1) is 0 Å². The van der Waals surface area contributed by atoms with Gasteiger partial charge >= 0.3 is 6.15 Å². The fourth-order valence-corrected chi connectivity index (χ4v) is 3.66. The van der Waals surface area contributed by atoms with Crippen LogP contribution >= 0.6 is 0 Å². The molecule has 30 heavy (non-hydrogen) atoms. The summed E-state index contributed by atoms with van der Waals surface area (Å²) in [6, 6.07) is 4.16. The summed E-state index contributed by atoms with van der Waals surface area (Å²) in [5.74, 6) is -1.29. The van der Waals surface area contributed by atoms with Crippen molar-refractivity contribution >= 4 is 35.3 Å². The van der Waals surface area contributed by atoms with E-state index in [2.05, 4.69) is 0 Å². The Morgan fingerprint density at radius 3 is 2.37 bits per heavy atom. The van der Waals surface area contributed by atoms with Crippen molar-refractivity contribution in [2.75, 3.05) is 0 Å². The molecule has 0 saturated heterocycles. The van der Waals surface area contributed by atoms with Gasteiger partial charge in [0.15, 0.2) is 5.78 Å². The molecule has 0 N–H and O–H groups in total. The number of imide groups is 1. The first-order valence-corrected chi connectivity index (χ1v) is 9.90. The SMILES string of the molecule is CCCCC(=O)CCc1ccc2c(c1)C(=O)N(C1CCC(=O)CC1=O)C2=O.O=C=O. The Morgan fingerprint density at radius 2 is 1.73 bits per heavy atom. The summed E-state index contributed by atoms with van der Waals surface area (Å²) < 4.78 is 0. The molecule has 1 aromatic rings. The van der Waals surface area contributed by atoms with E-state index in [9.17, 15) is 24.0 Å². The molecule has 1 saturated carbocycles. The predicted octanol–water partition coefficient (Wildman–Crippen LogP) is 2.08. The van der Waals surface area contributed by atoms with Crippen LogP contribution in [0.2, 0.25) is 0 Å². The summed E-state index contributed by atoms with van der Waals surface area (Å²) in [6.07, 6.45) is 3.78. The Labute approximate surface area is 173 Å². The number of hydrogen-bond acceptors (Lipinski definition) is 7. The van der Waals surface area contributed by atoms with Crippen molar-refractivity contribution in [2.45, 2.75) is 64.3 Å². The van der Waals surface area contributed by atoms with Crippen LogP contribution in [0.3, 0.4) is 0 Å². The van der Waals surface area contributed by atoms with Gasteiger partial charge in [0.05, 0.1) is 23.6 Å². The second kappa shape index (κ2) is 10.5. The zero-order valence-corrected chi connectivity index (χ0v) is 16.8. The molecule has 0 aromatic heterocycles. The highest BCUT2D eigenvalue weighted by molar-refractivity contribution is 6.23. The van der Waals surface area contributed by atoms with E-state index in [1.165, 1.54) is 0 Å². The Bertz CT molecular complexity index is 912. The molecule has 2 aliphatic rings. The quantitative estimate of drug-likeness (QED) is 0.495. The first kappa shape index (κ1) is 23.0. The molecule has 1 fully saturated rings. The number of carbonyl (C=O) groups is 5.